The number of amides is 1. The standard InChI is InChI=1S/C16H21N3O2S.ClH/c1-2-21-11-6-7-13-14(8-11)22-16(18-13)19-15(20)12-5-3-4-10(12)9-17;/h6-8,10,12H,2-5,9,17H2,1H3,(H,18,19,20);1H/t10-,12-;/m1./s1. The fourth-order valence-electron chi connectivity index (χ4n) is 3.08. The molecule has 0 unspecified atom stereocenters. The van der Waals surface area contributed by atoms with Crippen molar-refractivity contribution >= 4 is 45.0 Å². The monoisotopic (exact) mass is 355 g/mol. The second-order valence-electron chi connectivity index (χ2n) is 5.60. The molecule has 0 saturated heterocycles. The Morgan fingerprint density at radius 2 is 2.30 bits per heavy atom. The first-order chi connectivity index (χ1) is 10.7. The van der Waals surface area contributed by atoms with E-state index in [0.29, 0.717) is 24.2 Å². The van der Waals surface area contributed by atoms with Crippen LogP contribution in [-0.4, -0.2) is 24.0 Å². The van der Waals surface area contributed by atoms with Crippen LogP contribution in [0, 0.1) is 11.8 Å². The van der Waals surface area contributed by atoms with Crippen LogP contribution < -0.4 is 15.8 Å². The average Bonchev–Trinajstić information content (AvgIpc) is 3.12. The minimum absolute atomic E-state index is 0. The van der Waals surface area contributed by atoms with Gasteiger partial charge in [-0.05, 0) is 50.4 Å². The molecule has 5 nitrogen and oxygen atoms in total. The van der Waals surface area contributed by atoms with Crippen LogP contribution in [0.25, 0.3) is 10.2 Å². The summed E-state index contributed by atoms with van der Waals surface area (Å²) >= 11 is 1.48. The summed E-state index contributed by atoms with van der Waals surface area (Å²) in [7, 11) is 0. The Bertz CT molecular complexity index is 676. The van der Waals surface area contributed by atoms with Crippen LogP contribution >= 0.6 is 23.7 Å². The molecule has 0 aliphatic heterocycles. The SMILES string of the molecule is CCOc1ccc2nc(NC(=O)[C@@H]3CCC[C@@H]3CN)sc2c1.Cl. The summed E-state index contributed by atoms with van der Waals surface area (Å²) < 4.78 is 6.51. The first-order valence-electron chi connectivity index (χ1n) is 7.75. The van der Waals surface area contributed by atoms with Crippen molar-refractivity contribution in [3.05, 3.63) is 18.2 Å². The number of halogens is 1. The number of hydrogen-bond acceptors (Lipinski definition) is 5. The molecule has 3 N–H and O–H groups in total. The van der Waals surface area contributed by atoms with Crippen molar-refractivity contribution < 1.29 is 9.53 Å². The van der Waals surface area contributed by atoms with Crippen molar-refractivity contribution in [2.24, 2.45) is 17.6 Å². The summed E-state index contributed by atoms with van der Waals surface area (Å²) in [5, 5.41) is 3.61. The molecule has 1 saturated carbocycles. The van der Waals surface area contributed by atoms with Crippen LogP contribution in [0.3, 0.4) is 0 Å². The molecule has 23 heavy (non-hydrogen) atoms. The van der Waals surface area contributed by atoms with Gasteiger partial charge in [0.05, 0.1) is 16.8 Å². The summed E-state index contributed by atoms with van der Waals surface area (Å²) in [6, 6.07) is 5.79. The number of ether oxygens (including phenoxy) is 1. The van der Waals surface area contributed by atoms with Crippen molar-refractivity contribution in [3.63, 3.8) is 0 Å². The van der Waals surface area contributed by atoms with Crippen LogP contribution in [0.1, 0.15) is 26.2 Å². The molecule has 0 bridgehead atoms. The van der Waals surface area contributed by atoms with Crippen LogP contribution in [0.5, 0.6) is 5.75 Å². The first-order valence-corrected chi connectivity index (χ1v) is 8.57. The molecule has 3 rings (SSSR count). The Morgan fingerprint density at radius 1 is 1.48 bits per heavy atom. The van der Waals surface area contributed by atoms with Gasteiger partial charge in [-0.25, -0.2) is 4.98 Å². The minimum atomic E-state index is 0. The van der Waals surface area contributed by atoms with E-state index in [2.05, 4.69) is 10.3 Å². The molecular weight excluding hydrogens is 334 g/mol. The predicted molar refractivity (Wildman–Crippen MR) is 96.6 cm³/mol. The first kappa shape index (κ1) is 18.0. The number of hydrogen-bond donors (Lipinski definition) is 2. The number of carbonyl (C=O) groups is 1. The molecule has 1 aliphatic carbocycles. The molecule has 126 valence electrons. The summed E-state index contributed by atoms with van der Waals surface area (Å²) in [5.74, 6) is 1.21. The zero-order valence-electron chi connectivity index (χ0n) is 13.1. The quantitative estimate of drug-likeness (QED) is 0.861. The molecule has 7 heteroatoms. The number of nitrogens with one attached hydrogen (secondary N) is 1. The van der Waals surface area contributed by atoms with E-state index in [0.717, 1.165) is 35.2 Å². The van der Waals surface area contributed by atoms with Crippen molar-refractivity contribution in [3.8, 4) is 5.75 Å². The second kappa shape index (κ2) is 7.95. The van der Waals surface area contributed by atoms with Gasteiger partial charge in [0.15, 0.2) is 5.13 Å². The van der Waals surface area contributed by atoms with Crippen LogP contribution in [-0.2, 0) is 4.79 Å². The summed E-state index contributed by atoms with van der Waals surface area (Å²) in [4.78, 5) is 16.9. The number of fused-ring (bicyclic) bond motifs is 1. The van der Waals surface area contributed by atoms with Gasteiger partial charge in [-0.1, -0.05) is 17.8 Å². The Labute approximate surface area is 146 Å². The third kappa shape index (κ3) is 3.94. The molecule has 1 aromatic carbocycles. The smallest absolute Gasteiger partial charge is 0.229 e. The average molecular weight is 356 g/mol. The van der Waals surface area contributed by atoms with E-state index in [1.165, 1.54) is 11.3 Å². The maximum atomic E-state index is 12.4. The summed E-state index contributed by atoms with van der Waals surface area (Å²) in [6.07, 6.45) is 3.05. The normalized spacial score (nSPS) is 20.3. The fourth-order valence-corrected chi connectivity index (χ4v) is 3.97. The number of aromatic nitrogens is 1. The highest BCUT2D eigenvalue weighted by atomic mass is 35.5. The molecular formula is C16H22ClN3O2S. The molecule has 0 radical (unpaired) electrons. The zero-order chi connectivity index (χ0) is 15.5. The number of anilines is 1. The van der Waals surface area contributed by atoms with Gasteiger partial charge in [0.1, 0.15) is 5.75 Å². The molecule has 1 amide bonds. The summed E-state index contributed by atoms with van der Waals surface area (Å²) in [5.41, 5.74) is 6.64. The van der Waals surface area contributed by atoms with Gasteiger partial charge in [0.25, 0.3) is 0 Å². The Kier molecular flexibility index (Phi) is 6.21. The number of thiazole rings is 1. The Balaban J connectivity index is 0.00000192. The lowest BCUT2D eigenvalue weighted by molar-refractivity contribution is -0.120. The third-order valence-corrected chi connectivity index (χ3v) is 5.13. The van der Waals surface area contributed by atoms with E-state index in [1.54, 1.807) is 0 Å². The van der Waals surface area contributed by atoms with E-state index >= 15 is 0 Å². The van der Waals surface area contributed by atoms with Gasteiger partial charge in [-0.15, -0.1) is 12.4 Å². The van der Waals surface area contributed by atoms with E-state index in [9.17, 15) is 4.79 Å². The molecule has 2 aromatic rings. The predicted octanol–water partition coefficient (Wildman–Crippen LogP) is 3.43. The van der Waals surface area contributed by atoms with Gasteiger partial charge in [0.2, 0.25) is 5.91 Å². The number of nitrogens with zero attached hydrogens (tertiary/aromatic N) is 1. The molecule has 1 fully saturated rings. The van der Waals surface area contributed by atoms with Gasteiger partial charge in [-0.3, -0.25) is 4.79 Å². The van der Waals surface area contributed by atoms with E-state index in [-0.39, 0.29) is 24.2 Å². The highest BCUT2D eigenvalue weighted by Gasteiger charge is 2.32. The highest BCUT2D eigenvalue weighted by Crippen LogP contribution is 2.33. The lowest BCUT2D eigenvalue weighted by Gasteiger charge is -2.16. The number of carbonyl (C=O) groups excluding carboxylic acids is 1. The Hall–Kier alpha value is -1.37. The maximum Gasteiger partial charge on any atom is 0.229 e. The maximum absolute atomic E-state index is 12.4. The van der Waals surface area contributed by atoms with Crippen LogP contribution in [0.4, 0.5) is 5.13 Å². The molecule has 1 aromatic heterocycles. The molecule has 2 atom stereocenters. The van der Waals surface area contributed by atoms with Crippen LogP contribution in [0.15, 0.2) is 18.2 Å². The minimum Gasteiger partial charge on any atom is -0.494 e. The Morgan fingerprint density at radius 3 is 3.04 bits per heavy atom. The summed E-state index contributed by atoms with van der Waals surface area (Å²) in [6.45, 7) is 3.17. The van der Waals surface area contributed by atoms with Gasteiger partial charge < -0.3 is 15.8 Å². The lowest BCUT2D eigenvalue weighted by atomic mass is 9.95. The topological polar surface area (TPSA) is 77.2 Å². The highest BCUT2D eigenvalue weighted by molar-refractivity contribution is 7.22. The van der Waals surface area contributed by atoms with Gasteiger partial charge in [-0.2, -0.15) is 0 Å². The third-order valence-electron chi connectivity index (χ3n) is 4.20. The van der Waals surface area contributed by atoms with Crippen molar-refractivity contribution in [2.75, 3.05) is 18.5 Å². The second-order valence-corrected chi connectivity index (χ2v) is 6.63. The van der Waals surface area contributed by atoms with E-state index < -0.39 is 0 Å². The van der Waals surface area contributed by atoms with Crippen molar-refractivity contribution in [2.45, 2.75) is 26.2 Å². The van der Waals surface area contributed by atoms with Gasteiger partial charge >= 0.3 is 0 Å². The van der Waals surface area contributed by atoms with Crippen LogP contribution in [0.2, 0.25) is 0 Å². The van der Waals surface area contributed by atoms with Crippen molar-refractivity contribution in [1.82, 2.24) is 4.98 Å². The van der Waals surface area contributed by atoms with Gasteiger partial charge in [0, 0.05) is 5.92 Å². The van der Waals surface area contributed by atoms with Crippen molar-refractivity contribution in [1.29, 1.82) is 0 Å². The fraction of sp³-hybridized carbons (Fsp3) is 0.500. The molecule has 0 spiro atoms. The number of benzene rings is 1. The zero-order valence-corrected chi connectivity index (χ0v) is 14.7. The van der Waals surface area contributed by atoms with E-state index in [1.807, 2.05) is 25.1 Å². The number of rotatable bonds is 5. The molecule has 1 heterocycles. The number of nitrogens with two attached hydrogens (primary N) is 1. The van der Waals surface area contributed by atoms with E-state index in [4.69, 9.17) is 10.5 Å². The largest absolute Gasteiger partial charge is 0.494 e. The molecule has 1 aliphatic rings. The lowest BCUT2D eigenvalue weighted by Crippen LogP contribution is -2.29.